The Morgan fingerprint density at radius 3 is 2.71 bits per heavy atom. The zero-order chi connectivity index (χ0) is 17.3. The van der Waals surface area contributed by atoms with Crippen LogP contribution in [0.15, 0.2) is 24.3 Å². The number of carbonyl (C=O) groups excluding carboxylic acids is 3. The maximum Gasteiger partial charge on any atom is 0.327 e. The van der Waals surface area contributed by atoms with E-state index in [1.54, 1.807) is 24.0 Å². The van der Waals surface area contributed by atoms with Crippen molar-refractivity contribution in [2.75, 3.05) is 19.6 Å². The highest BCUT2D eigenvalue weighted by atomic mass is 19.1. The van der Waals surface area contributed by atoms with Crippen LogP contribution in [-0.4, -0.2) is 58.2 Å². The molecule has 2 aliphatic rings. The highest BCUT2D eigenvalue weighted by Gasteiger charge is 2.44. The predicted octanol–water partition coefficient (Wildman–Crippen LogP) is 1.60. The highest BCUT2D eigenvalue weighted by molar-refractivity contribution is 6.04. The average molecular weight is 333 g/mol. The molecule has 1 aliphatic heterocycles. The van der Waals surface area contributed by atoms with Crippen molar-refractivity contribution in [2.45, 2.75) is 32.4 Å². The standard InChI is InChI=1S/C17H20FN3O3/c1-2-19(9-12-4-3-5-13(18)8-12)15(22)10-21-16(23)11-20(17(21)24)14-6-7-14/h3-5,8,14H,2,6-7,9-11H2,1H3. The average Bonchev–Trinajstić information content (AvgIpc) is 3.35. The van der Waals surface area contributed by atoms with Gasteiger partial charge in [0.25, 0.3) is 5.91 Å². The molecule has 3 rings (SSSR count). The molecule has 2 fully saturated rings. The van der Waals surface area contributed by atoms with Gasteiger partial charge in [-0.3, -0.25) is 14.5 Å². The number of rotatable bonds is 6. The van der Waals surface area contributed by atoms with Crippen molar-refractivity contribution in [2.24, 2.45) is 0 Å². The summed E-state index contributed by atoms with van der Waals surface area (Å²) in [5, 5.41) is 0. The predicted molar refractivity (Wildman–Crippen MR) is 84.3 cm³/mol. The van der Waals surface area contributed by atoms with Crippen LogP contribution >= 0.6 is 0 Å². The summed E-state index contributed by atoms with van der Waals surface area (Å²) >= 11 is 0. The molecule has 4 amide bonds. The van der Waals surface area contributed by atoms with Crippen molar-refractivity contribution in [1.82, 2.24) is 14.7 Å². The van der Waals surface area contributed by atoms with Crippen molar-refractivity contribution in [3.05, 3.63) is 35.6 Å². The number of carbonyl (C=O) groups is 3. The van der Waals surface area contributed by atoms with Gasteiger partial charge < -0.3 is 9.80 Å². The molecule has 1 aliphatic carbocycles. The Kier molecular flexibility index (Phi) is 4.51. The van der Waals surface area contributed by atoms with E-state index in [0.717, 1.165) is 17.7 Å². The first kappa shape index (κ1) is 16.4. The van der Waals surface area contributed by atoms with Gasteiger partial charge in [0, 0.05) is 19.1 Å². The normalized spacial score (nSPS) is 17.6. The van der Waals surface area contributed by atoms with E-state index in [0.29, 0.717) is 12.1 Å². The van der Waals surface area contributed by atoms with Crippen molar-refractivity contribution in [3.8, 4) is 0 Å². The molecule has 1 aromatic carbocycles. The molecule has 0 aromatic heterocycles. The molecule has 24 heavy (non-hydrogen) atoms. The Morgan fingerprint density at radius 1 is 1.33 bits per heavy atom. The Hall–Kier alpha value is -2.44. The topological polar surface area (TPSA) is 60.9 Å². The van der Waals surface area contributed by atoms with Crippen LogP contribution in [0, 0.1) is 5.82 Å². The van der Waals surface area contributed by atoms with Crippen LogP contribution in [-0.2, 0) is 16.1 Å². The fourth-order valence-corrected chi connectivity index (χ4v) is 2.86. The third-order valence-corrected chi connectivity index (χ3v) is 4.36. The summed E-state index contributed by atoms with van der Waals surface area (Å²) in [6.07, 6.45) is 1.84. The molecule has 128 valence electrons. The lowest BCUT2D eigenvalue weighted by molar-refractivity contribution is -0.136. The number of halogens is 1. The Labute approximate surface area is 139 Å². The van der Waals surface area contributed by atoms with E-state index in [4.69, 9.17) is 0 Å². The van der Waals surface area contributed by atoms with Crippen molar-refractivity contribution in [3.63, 3.8) is 0 Å². The van der Waals surface area contributed by atoms with Gasteiger partial charge in [0.2, 0.25) is 5.91 Å². The van der Waals surface area contributed by atoms with Crippen LogP contribution in [0.4, 0.5) is 9.18 Å². The van der Waals surface area contributed by atoms with Gasteiger partial charge in [0.05, 0.1) is 0 Å². The van der Waals surface area contributed by atoms with Crippen molar-refractivity contribution in [1.29, 1.82) is 0 Å². The lowest BCUT2D eigenvalue weighted by Crippen LogP contribution is -2.43. The molecule has 6 nitrogen and oxygen atoms in total. The van der Waals surface area contributed by atoms with Crippen LogP contribution in [0.2, 0.25) is 0 Å². The van der Waals surface area contributed by atoms with Gasteiger partial charge in [-0.05, 0) is 37.5 Å². The fraction of sp³-hybridized carbons (Fsp3) is 0.471. The summed E-state index contributed by atoms with van der Waals surface area (Å²) in [5.74, 6) is -1.01. The number of hydrogen-bond acceptors (Lipinski definition) is 3. The minimum Gasteiger partial charge on any atom is -0.337 e. The number of benzene rings is 1. The largest absolute Gasteiger partial charge is 0.337 e. The first-order valence-corrected chi connectivity index (χ1v) is 8.12. The second-order valence-electron chi connectivity index (χ2n) is 6.16. The summed E-state index contributed by atoms with van der Waals surface area (Å²) in [5.41, 5.74) is 0.670. The van der Waals surface area contributed by atoms with Crippen LogP contribution < -0.4 is 0 Å². The van der Waals surface area contributed by atoms with E-state index < -0.39 is 0 Å². The fourth-order valence-electron chi connectivity index (χ4n) is 2.86. The third kappa shape index (κ3) is 3.39. The molecular weight excluding hydrogens is 313 g/mol. The van der Waals surface area contributed by atoms with E-state index >= 15 is 0 Å². The van der Waals surface area contributed by atoms with E-state index in [2.05, 4.69) is 0 Å². The van der Waals surface area contributed by atoms with Crippen LogP contribution in [0.5, 0.6) is 0 Å². The Bertz CT molecular complexity index is 675. The molecule has 1 saturated carbocycles. The van der Waals surface area contributed by atoms with Gasteiger partial charge in [0.1, 0.15) is 18.9 Å². The van der Waals surface area contributed by atoms with Gasteiger partial charge in [-0.1, -0.05) is 12.1 Å². The molecular formula is C17H20FN3O3. The molecule has 0 N–H and O–H groups in total. The minimum atomic E-state index is -0.377. The van der Waals surface area contributed by atoms with Gasteiger partial charge in [-0.15, -0.1) is 0 Å². The van der Waals surface area contributed by atoms with Crippen LogP contribution in [0.25, 0.3) is 0 Å². The number of nitrogens with zero attached hydrogens (tertiary/aromatic N) is 3. The summed E-state index contributed by atoms with van der Waals surface area (Å²) in [6, 6.07) is 5.81. The quantitative estimate of drug-likeness (QED) is 0.743. The number of imide groups is 1. The summed E-state index contributed by atoms with van der Waals surface area (Å²) in [4.78, 5) is 40.8. The zero-order valence-corrected chi connectivity index (χ0v) is 13.6. The smallest absolute Gasteiger partial charge is 0.327 e. The minimum absolute atomic E-state index is 0.0623. The van der Waals surface area contributed by atoms with Crippen molar-refractivity contribution < 1.29 is 18.8 Å². The van der Waals surface area contributed by atoms with E-state index in [1.807, 2.05) is 0 Å². The zero-order valence-electron chi connectivity index (χ0n) is 13.6. The molecule has 1 heterocycles. The summed E-state index contributed by atoms with van der Waals surface area (Å²) in [7, 11) is 0. The molecule has 0 spiro atoms. The first-order chi connectivity index (χ1) is 11.5. The number of likely N-dealkylation sites (N-methyl/N-ethyl adjacent to an activating group) is 1. The maximum atomic E-state index is 13.3. The molecule has 7 heteroatoms. The van der Waals surface area contributed by atoms with Crippen molar-refractivity contribution >= 4 is 17.8 Å². The second kappa shape index (κ2) is 6.59. The number of hydrogen-bond donors (Lipinski definition) is 0. The number of amides is 4. The lowest BCUT2D eigenvalue weighted by atomic mass is 10.2. The number of urea groups is 1. The van der Waals surface area contributed by atoms with Gasteiger partial charge in [-0.25, -0.2) is 9.18 Å². The highest BCUT2D eigenvalue weighted by Crippen LogP contribution is 2.30. The molecule has 0 radical (unpaired) electrons. The van der Waals surface area contributed by atoms with E-state index in [-0.39, 0.29) is 49.3 Å². The summed E-state index contributed by atoms with van der Waals surface area (Å²) in [6.45, 7) is 2.27. The SMILES string of the molecule is CCN(Cc1cccc(F)c1)C(=O)CN1C(=O)CN(C2CC2)C1=O. The van der Waals surface area contributed by atoms with Crippen LogP contribution in [0.3, 0.4) is 0 Å². The third-order valence-electron chi connectivity index (χ3n) is 4.36. The Balaban J connectivity index is 1.64. The van der Waals surface area contributed by atoms with Gasteiger partial charge in [-0.2, -0.15) is 0 Å². The molecule has 1 saturated heterocycles. The maximum absolute atomic E-state index is 13.3. The molecule has 1 aromatic rings. The van der Waals surface area contributed by atoms with Gasteiger partial charge in [0.15, 0.2) is 0 Å². The monoisotopic (exact) mass is 333 g/mol. The molecule has 0 atom stereocenters. The Morgan fingerprint density at radius 2 is 2.08 bits per heavy atom. The van der Waals surface area contributed by atoms with E-state index in [9.17, 15) is 18.8 Å². The van der Waals surface area contributed by atoms with E-state index in [1.165, 1.54) is 17.0 Å². The lowest BCUT2D eigenvalue weighted by Gasteiger charge is -2.23. The molecule has 0 unspecified atom stereocenters. The van der Waals surface area contributed by atoms with Crippen LogP contribution in [0.1, 0.15) is 25.3 Å². The summed E-state index contributed by atoms with van der Waals surface area (Å²) < 4.78 is 13.3. The first-order valence-electron chi connectivity index (χ1n) is 8.12. The van der Waals surface area contributed by atoms with Gasteiger partial charge >= 0.3 is 6.03 Å². The molecule has 0 bridgehead atoms. The second-order valence-corrected chi connectivity index (χ2v) is 6.16.